The van der Waals surface area contributed by atoms with Gasteiger partial charge < -0.3 is 5.32 Å². The van der Waals surface area contributed by atoms with Crippen LogP contribution in [0.25, 0.3) is 0 Å². The molecule has 0 radical (unpaired) electrons. The Bertz CT molecular complexity index is 696. The van der Waals surface area contributed by atoms with Crippen LogP contribution in [0.1, 0.15) is 22.5 Å². The van der Waals surface area contributed by atoms with Gasteiger partial charge in [-0.3, -0.25) is 9.58 Å². The molecule has 0 unspecified atom stereocenters. The molecule has 1 aromatic carbocycles. The fourth-order valence-electron chi connectivity index (χ4n) is 3.57. The molecule has 122 valence electrons. The summed E-state index contributed by atoms with van der Waals surface area (Å²) in [6, 6.07) is 9.78. The fraction of sp³-hybridized carbons (Fsp3) is 0.471. The lowest BCUT2D eigenvalue weighted by Crippen LogP contribution is -2.35. The van der Waals surface area contributed by atoms with Crippen molar-refractivity contribution in [3.63, 3.8) is 0 Å². The van der Waals surface area contributed by atoms with Crippen molar-refractivity contribution in [3.05, 3.63) is 52.8 Å². The highest BCUT2D eigenvalue weighted by Gasteiger charge is 2.43. The molecule has 4 nitrogen and oxygen atoms in total. The molecule has 0 saturated carbocycles. The van der Waals surface area contributed by atoms with Crippen LogP contribution in [-0.4, -0.2) is 34.3 Å². The molecular formula is C17H20F2N4. The summed E-state index contributed by atoms with van der Waals surface area (Å²) in [5, 5.41) is 7.64. The molecule has 23 heavy (non-hydrogen) atoms. The highest BCUT2D eigenvalue weighted by Crippen LogP contribution is 2.36. The predicted octanol–water partition coefficient (Wildman–Crippen LogP) is 2.14. The van der Waals surface area contributed by atoms with Crippen molar-refractivity contribution in [2.24, 2.45) is 0 Å². The maximum atomic E-state index is 14.9. The van der Waals surface area contributed by atoms with Crippen LogP contribution in [0.5, 0.6) is 0 Å². The van der Waals surface area contributed by atoms with E-state index in [0.29, 0.717) is 31.7 Å². The van der Waals surface area contributed by atoms with E-state index < -0.39 is 5.92 Å². The lowest BCUT2D eigenvalue weighted by molar-refractivity contribution is -0.0389. The molecule has 6 heteroatoms. The van der Waals surface area contributed by atoms with Crippen LogP contribution in [-0.2, 0) is 32.0 Å². The van der Waals surface area contributed by atoms with Gasteiger partial charge in [0.05, 0.1) is 18.8 Å². The molecule has 0 fully saturated rings. The molecule has 0 bridgehead atoms. The molecule has 4 rings (SSSR count). The van der Waals surface area contributed by atoms with Crippen molar-refractivity contribution in [2.75, 3.05) is 19.6 Å². The molecule has 1 N–H and O–H groups in total. The molecule has 0 spiro atoms. The molecule has 2 aliphatic rings. The Balaban J connectivity index is 1.61. The van der Waals surface area contributed by atoms with E-state index in [0.717, 1.165) is 24.2 Å². The number of alkyl halides is 2. The Kier molecular flexibility index (Phi) is 3.66. The van der Waals surface area contributed by atoms with Crippen molar-refractivity contribution >= 4 is 0 Å². The average Bonchev–Trinajstić information content (AvgIpc) is 2.87. The maximum absolute atomic E-state index is 14.9. The van der Waals surface area contributed by atoms with Gasteiger partial charge in [-0.2, -0.15) is 13.9 Å². The van der Waals surface area contributed by atoms with Crippen LogP contribution in [0, 0.1) is 0 Å². The molecule has 0 saturated heterocycles. The van der Waals surface area contributed by atoms with Crippen molar-refractivity contribution in [1.82, 2.24) is 20.0 Å². The van der Waals surface area contributed by atoms with E-state index in [4.69, 9.17) is 0 Å². The summed E-state index contributed by atoms with van der Waals surface area (Å²) in [6.45, 7) is 2.71. The number of hydrogen-bond donors (Lipinski definition) is 1. The third-order valence-electron chi connectivity index (χ3n) is 4.62. The van der Waals surface area contributed by atoms with Crippen LogP contribution >= 0.6 is 0 Å². The van der Waals surface area contributed by atoms with Gasteiger partial charge in [-0.05, 0) is 5.56 Å². The van der Waals surface area contributed by atoms with E-state index >= 15 is 0 Å². The lowest BCUT2D eigenvalue weighted by Gasteiger charge is -2.25. The quantitative estimate of drug-likeness (QED) is 0.921. The summed E-state index contributed by atoms with van der Waals surface area (Å²) in [6.07, 6.45) is 0.735. The first-order valence-corrected chi connectivity index (χ1v) is 8.07. The van der Waals surface area contributed by atoms with Gasteiger partial charge in [-0.1, -0.05) is 30.3 Å². The Morgan fingerprint density at radius 1 is 1.17 bits per heavy atom. The number of fused-ring (bicyclic) bond motifs is 3. The van der Waals surface area contributed by atoms with Crippen LogP contribution in [0.2, 0.25) is 0 Å². The standard InChI is InChI=1S/C17H20F2N4/c18-17(19)12-22(11-13-4-2-1-3-5-13)8-9-23-16(17)14-10-20-7-6-15(14)21-23/h1-5,20H,6-12H2. The molecule has 1 aromatic heterocycles. The minimum absolute atomic E-state index is 0.121. The van der Waals surface area contributed by atoms with Gasteiger partial charge in [-0.15, -0.1) is 0 Å². The Morgan fingerprint density at radius 2 is 2.00 bits per heavy atom. The van der Waals surface area contributed by atoms with E-state index in [1.165, 1.54) is 0 Å². The van der Waals surface area contributed by atoms with E-state index in [1.54, 1.807) is 4.68 Å². The van der Waals surface area contributed by atoms with Crippen LogP contribution in [0.15, 0.2) is 30.3 Å². The zero-order valence-electron chi connectivity index (χ0n) is 12.9. The topological polar surface area (TPSA) is 33.1 Å². The second kappa shape index (κ2) is 5.69. The number of aromatic nitrogens is 2. The zero-order valence-corrected chi connectivity index (χ0v) is 12.9. The predicted molar refractivity (Wildman–Crippen MR) is 83.3 cm³/mol. The third-order valence-corrected chi connectivity index (χ3v) is 4.62. The summed E-state index contributed by atoms with van der Waals surface area (Å²) in [4.78, 5) is 1.83. The fourth-order valence-corrected chi connectivity index (χ4v) is 3.57. The molecule has 2 aromatic rings. The number of hydrogen-bond acceptors (Lipinski definition) is 3. The van der Waals surface area contributed by atoms with E-state index in [9.17, 15) is 8.78 Å². The molecule has 0 aliphatic carbocycles. The van der Waals surface area contributed by atoms with Gasteiger partial charge >= 0.3 is 5.92 Å². The molecule has 0 amide bonds. The SMILES string of the molecule is FC1(F)CN(Cc2ccccc2)CCn2nc3c(c21)CNCC3. The zero-order chi connectivity index (χ0) is 15.9. The van der Waals surface area contributed by atoms with Gasteiger partial charge in [0.2, 0.25) is 0 Å². The second-order valence-corrected chi connectivity index (χ2v) is 6.32. The summed E-state index contributed by atoms with van der Waals surface area (Å²) < 4.78 is 31.3. The first-order chi connectivity index (χ1) is 11.1. The summed E-state index contributed by atoms with van der Waals surface area (Å²) in [5.41, 5.74) is 2.74. The first-order valence-electron chi connectivity index (χ1n) is 8.07. The Labute approximate surface area is 134 Å². The Hall–Kier alpha value is -1.79. The van der Waals surface area contributed by atoms with E-state index in [2.05, 4.69) is 10.4 Å². The van der Waals surface area contributed by atoms with Crippen molar-refractivity contribution in [3.8, 4) is 0 Å². The highest BCUT2D eigenvalue weighted by atomic mass is 19.3. The highest BCUT2D eigenvalue weighted by molar-refractivity contribution is 5.32. The van der Waals surface area contributed by atoms with Gasteiger partial charge in [0, 0.05) is 38.2 Å². The van der Waals surface area contributed by atoms with Crippen molar-refractivity contribution in [1.29, 1.82) is 0 Å². The minimum Gasteiger partial charge on any atom is -0.312 e. The minimum atomic E-state index is -2.87. The van der Waals surface area contributed by atoms with Gasteiger partial charge in [-0.25, -0.2) is 0 Å². The third kappa shape index (κ3) is 2.77. The summed E-state index contributed by atoms with van der Waals surface area (Å²) in [7, 11) is 0. The number of rotatable bonds is 2. The van der Waals surface area contributed by atoms with Crippen molar-refractivity contribution in [2.45, 2.75) is 32.0 Å². The Morgan fingerprint density at radius 3 is 2.83 bits per heavy atom. The number of benzene rings is 1. The first kappa shape index (κ1) is 14.8. The average molecular weight is 318 g/mol. The summed E-state index contributed by atoms with van der Waals surface area (Å²) >= 11 is 0. The molecule has 3 heterocycles. The van der Waals surface area contributed by atoms with E-state index in [-0.39, 0.29) is 12.2 Å². The van der Waals surface area contributed by atoms with E-state index in [1.807, 2.05) is 35.2 Å². The molecule has 2 aliphatic heterocycles. The van der Waals surface area contributed by atoms with Crippen LogP contribution < -0.4 is 5.32 Å². The maximum Gasteiger partial charge on any atom is 0.302 e. The summed E-state index contributed by atoms with van der Waals surface area (Å²) in [5.74, 6) is -2.87. The molecular weight excluding hydrogens is 298 g/mol. The lowest BCUT2D eigenvalue weighted by atomic mass is 10.0. The van der Waals surface area contributed by atoms with Gasteiger partial charge in [0.1, 0.15) is 5.69 Å². The van der Waals surface area contributed by atoms with Crippen LogP contribution in [0.4, 0.5) is 8.78 Å². The van der Waals surface area contributed by atoms with Crippen LogP contribution in [0.3, 0.4) is 0 Å². The number of halogens is 2. The largest absolute Gasteiger partial charge is 0.312 e. The second-order valence-electron chi connectivity index (χ2n) is 6.32. The van der Waals surface area contributed by atoms with Gasteiger partial charge in [0.15, 0.2) is 0 Å². The molecule has 0 atom stereocenters. The number of nitrogens with zero attached hydrogens (tertiary/aromatic N) is 3. The smallest absolute Gasteiger partial charge is 0.302 e. The van der Waals surface area contributed by atoms with Gasteiger partial charge in [0.25, 0.3) is 0 Å². The normalized spacial score (nSPS) is 20.6. The number of nitrogens with one attached hydrogen (secondary N) is 1. The monoisotopic (exact) mass is 318 g/mol. The van der Waals surface area contributed by atoms with Crippen molar-refractivity contribution < 1.29 is 8.78 Å².